The van der Waals surface area contributed by atoms with Crippen LogP contribution in [0.25, 0.3) is 0 Å². The summed E-state index contributed by atoms with van der Waals surface area (Å²) in [5, 5.41) is 9.39. The maximum Gasteiger partial charge on any atom is 0.0596 e. The second-order valence-electron chi connectivity index (χ2n) is 29.9. The highest BCUT2D eigenvalue weighted by molar-refractivity contribution is 4.95. The number of aliphatic hydroxyl groups excluding tert-OH is 1. The molecule has 0 aromatic heterocycles. The van der Waals surface area contributed by atoms with Crippen molar-refractivity contribution in [1.29, 1.82) is 0 Å². The zero-order valence-electron chi connectivity index (χ0n) is 54.9. The highest BCUT2D eigenvalue weighted by atomic mass is 16.5. The number of aliphatic hydroxyl groups is 1. The SMILES string of the molecule is CC(C)C1CC(C(C)C)C1.CC(C)CC(C)(C)C(C)C.CC(C)CC(C)C(C)C.CC(C)CC(O)CC(C)C.CC(C)CC1(C(C)C)CC1.CC(C)CC1(C(C)C)COC1.COC(CC(C)C)C(C)C. The summed E-state index contributed by atoms with van der Waals surface area (Å²) in [5.74, 6) is 14.2. The van der Waals surface area contributed by atoms with Crippen molar-refractivity contribution in [2.24, 2.45) is 117 Å². The molecule has 2 unspecified atom stereocenters. The van der Waals surface area contributed by atoms with E-state index in [0.29, 0.717) is 34.7 Å². The molecule has 3 aliphatic rings. The van der Waals surface area contributed by atoms with Crippen LogP contribution in [0.4, 0.5) is 0 Å². The molecule has 1 aliphatic heterocycles. The van der Waals surface area contributed by atoms with Crippen LogP contribution >= 0.6 is 0 Å². The van der Waals surface area contributed by atoms with Crippen LogP contribution in [0, 0.1) is 117 Å². The lowest BCUT2D eigenvalue weighted by atomic mass is 9.65. The summed E-state index contributed by atoms with van der Waals surface area (Å²) >= 11 is 0. The lowest BCUT2D eigenvalue weighted by Crippen LogP contribution is -2.47. The van der Waals surface area contributed by atoms with E-state index in [1.165, 1.54) is 57.8 Å². The van der Waals surface area contributed by atoms with E-state index in [1.54, 1.807) is 7.11 Å². The summed E-state index contributed by atoms with van der Waals surface area (Å²) in [4.78, 5) is 0. The molecule has 2 saturated carbocycles. The van der Waals surface area contributed by atoms with Crippen LogP contribution in [0.1, 0.15) is 285 Å². The van der Waals surface area contributed by atoms with Gasteiger partial charge in [-0.05, 0) is 182 Å². The van der Waals surface area contributed by atoms with Gasteiger partial charge in [-0.15, -0.1) is 0 Å². The van der Waals surface area contributed by atoms with E-state index in [2.05, 4.69) is 215 Å². The van der Waals surface area contributed by atoms with E-state index in [0.717, 1.165) is 114 Å². The first-order valence-corrected chi connectivity index (χ1v) is 30.5. The third-order valence-electron chi connectivity index (χ3n) is 16.6. The van der Waals surface area contributed by atoms with E-state index >= 15 is 0 Å². The van der Waals surface area contributed by atoms with Crippen molar-refractivity contribution in [3.05, 3.63) is 0 Å². The van der Waals surface area contributed by atoms with Gasteiger partial charge in [0.25, 0.3) is 0 Å². The van der Waals surface area contributed by atoms with Gasteiger partial charge in [0.15, 0.2) is 0 Å². The van der Waals surface area contributed by atoms with Crippen molar-refractivity contribution in [3.63, 3.8) is 0 Å². The molecule has 70 heavy (non-hydrogen) atoms. The molecule has 1 saturated heterocycles. The van der Waals surface area contributed by atoms with E-state index in [1.807, 2.05) is 0 Å². The Morgan fingerprint density at radius 2 is 0.829 bits per heavy atom. The molecule has 0 spiro atoms. The molecule has 1 N–H and O–H groups in total. The molecule has 3 heteroatoms. The van der Waals surface area contributed by atoms with Gasteiger partial charge in [-0.25, -0.2) is 0 Å². The summed E-state index contributed by atoms with van der Waals surface area (Å²) in [6.07, 6.45) is 14.9. The Bertz CT molecular complexity index is 1100. The minimum atomic E-state index is -0.0833. The predicted molar refractivity (Wildman–Crippen MR) is 321 cm³/mol. The number of hydrogen-bond acceptors (Lipinski definition) is 3. The van der Waals surface area contributed by atoms with Crippen molar-refractivity contribution < 1.29 is 14.6 Å². The van der Waals surface area contributed by atoms with Gasteiger partial charge >= 0.3 is 0 Å². The van der Waals surface area contributed by atoms with Crippen molar-refractivity contribution >= 4 is 0 Å². The van der Waals surface area contributed by atoms with Crippen molar-refractivity contribution in [2.45, 2.75) is 297 Å². The topological polar surface area (TPSA) is 38.7 Å². The monoisotopic (exact) mass is 995 g/mol. The Morgan fingerprint density at radius 1 is 0.471 bits per heavy atom. The zero-order chi connectivity index (χ0) is 56.1. The number of hydrogen-bond donors (Lipinski definition) is 1. The second kappa shape index (κ2) is 39.3. The quantitative estimate of drug-likeness (QED) is 0.117. The Morgan fingerprint density at radius 3 is 0.957 bits per heavy atom. The standard InChI is InChI=1S/C10H20O.2C10H20.C10H22.2C9H20O.C9H20/c1-8(2)5-10(9(3)4)6-11-7-10;1-7(2)9-5-10(6-9)8(3)4;1-8(2)7-10(5-6-10)9(3)4;1-8(2)7-10(5,6)9(3)4;1-7(2)6-9(10-5)8(3)4;1-7(2)5-9(10)6-8(3)4;1-7(2)6-9(5)8(3)4/h8-9H,5-7H2,1-4H3;7-10H,5-6H2,1-4H3;8-9H,5-7H2,1-4H3;8-9H,7H2,1-6H3;7-9H,6H2,1-5H3;7-10H,5-6H2,1-4H3;7-9H,6H2,1-5H3. The van der Waals surface area contributed by atoms with Gasteiger partial charge in [-0.1, -0.05) is 215 Å². The lowest BCUT2D eigenvalue weighted by Gasteiger charge is -2.46. The summed E-state index contributed by atoms with van der Waals surface area (Å²) in [6, 6.07) is 0. The van der Waals surface area contributed by atoms with Crippen LogP contribution < -0.4 is 0 Å². The Hall–Kier alpha value is -0.120. The van der Waals surface area contributed by atoms with Gasteiger partial charge in [0.1, 0.15) is 0 Å². The largest absolute Gasteiger partial charge is 0.393 e. The van der Waals surface area contributed by atoms with Crippen LogP contribution in [0.5, 0.6) is 0 Å². The van der Waals surface area contributed by atoms with Gasteiger partial charge < -0.3 is 14.6 Å². The van der Waals surface area contributed by atoms with Gasteiger partial charge in [0.2, 0.25) is 0 Å². The highest BCUT2D eigenvalue weighted by Crippen LogP contribution is 2.56. The van der Waals surface area contributed by atoms with Crippen LogP contribution in [0.2, 0.25) is 0 Å². The first-order chi connectivity index (χ1) is 31.7. The zero-order valence-corrected chi connectivity index (χ0v) is 54.9. The van der Waals surface area contributed by atoms with Crippen LogP contribution in [0.3, 0.4) is 0 Å². The number of methoxy groups -OCH3 is 1. The average Bonchev–Trinajstić information content (AvgIpc) is 3.91. The fourth-order valence-electron chi connectivity index (χ4n) is 10.2. The van der Waals surface area contributed by atoms with Crippen LogP contribution in [0.15, 0.2) is 0 Å². The Kier molecular flexibility index (Phi) is 42.9. The molecule has 2 atom stereocenters. The van der Waals surface area contributed by atoms with Crippen molar-refractivity contribution in [2.75, 3.05) is 20.3 Å². The molecule has 0 aromatic carbocycles. The molecule has 1 heterocycles. The third-order valence-corrected chi connectivity index (χ3v) is 16.6. The van der Waals surface area contributed by atoms with Gasteiger partial charge in [-0.3, -0.25) is 0 Å². The maximum absolute atomic E-state index is 9.39. The molecule has 0 aromatic rings. The molecule has 0 amide bonds. The maximum atomic E-state index is 9.39. The summed E-state index contributed by atoms with van der Waals surface area (Å²) in [6.45, 7) is 72.9. The molecule has 2 aliphatic carbocycles. The van der Waals surface area contributed by atoms with Crippen molar-refractivity contribution in [1.82, 2.24) is 0 Å². The molecule has 3 rings (SSSR count). The van der Waals surface area contributed by atoms with Crippen LogP contribution in [-0.4, -0.2) is 37.6 Å². The first-order valence-electron chi connectivity index (χ1n) is 30.5. The molecule has 3 nitrogen and oxygen atoms in total. The fraction of sp³-hybridized carbons (Fsp3) is 1.00. The van der Waals surface area contributed by atoms with E-state index in [-0.39, 0.29) is 6.10 Å². The smallest absolute Gasteiger partial charge is 0.0596 e. The van der Waals surface area contributed by atoms with Gasteiger partial charge in [0, 0.05) is 12.5 Å². The molecular weight excluding hydrogens is 853 g/mol. The molecule has 0 bridgehead atoms. The molecular formula is C67H142O3. The van der Waals surface area contributed by atoms with Crippen LogP contribution in [-0.2, 0) is 9.47 Å². The molecule has 0 radical (unpaired) electrons. The highest BCUT2D eigenvalue weighted by Gasteiger charge is 2.45. The summed E-state index contributed by atoms with van der Waals surface area (Å²) in [5.41, 5.74) is 1.82. The van der Waals surface area contributed by atoms with Crippen molar-refractivity contribution in [3.8, 4) is 0 Å². The minimum Gasteiger partial charge on any atom is -0.393 e. The van der Waals surface area contributed by atoms with E-state index in [9.17, 15) is 5.11 Å². The molecule has 428 valence electrons. The number of ether oxygens (including phenoxy) is 2. The first kappa shape index (κ1) is 76.4. The van der Waals surface area contributed by atoms with E-state index < -0.39 is 0 Å². The number of rotatable bonds is 22. The second-order valence-corrected chi connectivity index (χ2v) is 29.9. The predicted octanol–water partition coefficient (Wildman–Crippen LogP) is 21.7. The average molecular weight is 996 g/mol. The van der Waals surface area contributed by atoms with Gasteiger partial charge in [-0.2, -0.15) is 0 Å². The lowest BCUT2D eigenvalue weighted by molar-refractivity contribution is -0.148. The Balaban J connectivity index is -0.000000363. The minimum absolute atomic E-state index is 0.0833. The fourth-order valence-corrected chi connectivity index (χ4v) is 10.2. The van der Waals surface area contributed by atoms with Gasteiger partial charge in [0.05, 0.1) is 25.4 Å². The Labute approximate surface area is 447 Å². The molecule has 3 fully saturated rings. The summed E-state index contributed by atoms with van der Waals surface area (Å²) in [7, 11) is 1.80. The normalized spacial score (nSPS) is 19.0. The summed E-state index contributed by atoms with van der Waals surface area (Å²) < 4.78 is 10.6. The van der Waals surface area contributed by atoms with E-state index in [4.69, 9.17) is 9.47 Å². The third kappa shape index (κ3) is 39.3.